The Labute approximate surface area is 147 Å². The predicted octanol–water partition coefficient (Wildman–Crippen LogP) is 6.75. The lowest BCUT2D eigenvalue weighted by molar-refractivity contribution is 0.560. The number of anilines is 2. The normalized spacial score (nSPS) is 11.0. The molecule has 0 saturated heterocycles. The van der Waals surface area contributed by atoms with Gasteiger partial charge in [-0.2, -0.15) is 0 Å². The summed E-state index contributed by atoms with van der Waals surface area (Å²) in [4.78, 5) is 0. The molecule has 0 saturated carbocycles. The van der Waals surface area contributed by atoms with E-state index in [0.717, 1.165) is 17.6 Å². The van der Waals surface area contributed by atoms with Crippen LogP contribution in [-0.4, -0.2) is 6.54 Å². The summed E-state index contributed by atoms with van der Waals surface area (Å²) < 4.78 is 0. The number of hydrogen-bond acceptors (Lipinski definition) is 2. The molecule has 0 unspecified atom stereocenters. The highest BCUT2D eigenvalue weighted by Gasteiger charge is 2.03. The van der Waals surface area contributed by atoms with Crippen molar-refractivity contribution in [3.8, 4) is 0 Å². The van der Waals surface area contributed by atoms with Gasteiger partial charge in [-0.1, -0.05) is 89.0 Å². The first-order valence-corrected chi connectivity index (χ1v) is 9.84. The van der Waals surface area contributed by atoms with E-state index in [2.05, 4.69) is 36.5 Å². The Hall–Kier alpha value is -1.70. The number of nitrogens with one attached hydrogen (secondary N) is 1. The largest absolute Gasteiger partial charge is 0.398 e. The molecule has 2 aromatic rings. The molecular formula is C22H34N2. The highest BCUT2D eigenvalue weighted by Crippen LogP contribution is 2.28. The monoisotopic (exact) mass is 326 g/mol. The first-order valence-electron chi connectivity index (χ1n) is 9.84. The minimum Gasteiger partial charge on any atom is -0.398 e. The van der Waals surface area contributed by atoms with Gasteiger partial charge in [0.25, 0.3) is 0 Å². The molecule has 0 amide bonds. The summed E-state index contributed by atoms with van der Waals surface area (Å²) in [6.45, 7) is 3.31. The molecule has 2 aromatic carbocycles. The lowest BCUT2D eigenvalue weighted by Crippen LogP contribution is -2.03. The lowest BCUT2D eigenvalue weighted by Gasteiger charge is -2.11. The number of unbranched alkanes of at least 4 members (excludes halogenated alkanes) is 9. The fraction of sp³-hybridized carbons (Fsp3) is 0.545. The van der Waals surface area contributed by atoms with Gasteiger partial charge < -0.3 is 11.1 Å². The van der Waals surface area contributed by atoms with Crippen LogP contribution in [0.1, 0.15) is 71.1 Å². The minimum atomic E-state index is 0.860. The molecule has 2 nitrogen and oxygen atoms in total. The quantitative estimate of drug-likeness (QED) is 0.334. The van der Waals surface area contributed by atoms with Crippen molar-refractivity contribution in [2.75, 3.05) is 17.6 Å². The van der Waals surface area contributed by atoms with Gasteiger partial charge >= 0.3 is 0 Å². The molecular weight excluding hydrogens is 292 g/mol. The van der Waals surface area contributed by atoms with Crippen LogP contribution >= 0.6 is 0 Å². The summed E-state index contributed by atoms with van der Waals surface area (Å²) in [5.41, 5.74) is 8.17. The number of hydrogen-bond donors (Lipinski definition) is 2. The van der Waals surface area contributed by atoms with Gasteiger partial charge in [-0.25, -0.2) is 0 Å². The van der Waals surface area contributed by atoms with Gasteiger partial charge in [0.05, 0.1) is 0 Å². The molecule has 24 heavy (non-hydrogen) atoms. The van der Waals surface area contributed by atoms with E-state index < -0.39 is 0 Å². The highest BCUT2D eigenvalue weighted by molar-refractivity contribution is 6.02. The van der Waals surface area contributed by atoms with E-state index in [-0.39, 0.29) is 0 Å². The van der Waals surface area contributed by atoms with Crippen LogP contribution < -0.4 is 11.1 Å². The Bertz CT molecular complexity index is 586. The molecule has 3 N–H and O–H groups in total. The first kappa shape index (κ1) is 18.6. The Kier molecular flexibility index (Phi) is 8.51. The van der Waals surface area contributed by atoms with Crippen molar-refractivity contribution < 1.29 is 0 Å². The van der Waals surface area contributed by atoms with E-state index in [4.69, 9.17) is 5.73 Å². The molecule has 0 aromatic heterocycles. The van der Waals surface area contributed by atoms with Crippen molar-refractivity contribution in [3.05, 3.63) is 36.4 Å². The Morgan fingerprint density at radius 3 is 2.00 bits per heavy atom. The van der Waals surface area contributed by atoms with Crippen molar-refractivity contribution in [2.24, 2.45) is 0 Å². The molecule has 2 rings (SSSR count). The summed E-state index contributed by atoms with van der Waals surface area (Å²) in [6.07, 6.45) is 13.8. The zero-order valence-electron chi connectivity index (χ0n) is 15.3. The third kappa shape index (κ3) is 6.07. The van der Waals surface area contributed by atoms with E-state index in [1.807, 2.05) is 12.1 Å². The first-order chi connectivity index (χ1) is 11.8. The maximum Gasteiger partial charge on any atom is 0.0440 e. The third-order valence-electron chi connectivity index (χ3n) is 4.78. The topological polar surface area (TPSA) is 38.0 Å². The number of fused-ring (bicyclic) bond motifs is 1. The molecule has 0 bridgehead atoms. The molecule has 0 fully saturated rings. The van der Waals surface area contributed by atoms with Gasteiger partial charge in [0.1, 0.15) is 0 Å². The average molecular weight is 327 g/mol. The van der Waals surface area contributed by atoms with Crippen LogP contribution in [0.2, 0.25) is 0 Å². The second-order valence-electron chi connectivity index (χ2n) is 6.86. The lowest BCUT2D eigenvalue weighted by atomic mass is 10.1. The van der Waals surface area contributed by atoms with Crippen LogP contribution in [0.5, 0.6) is 0 Å². The number of nitrogens with two attached hydrogens (primary N) is 1. The summed E-state index contributed by atoms with van der Waals surface area (Å²) in [5, 5.41) is 5.94. The maximum absolute atomic E-state index is 6.15. The van der Waals surface area contributed by atoms with E-state index >= 15 is 0 Å². The Balaban J connectivity index is 1.60. The second kappa shape index (κ2) is 11.0. The zero-order chi connectivity index (χ0) is 17.0. The SMILES string of the molecule is CCCCCCCCCCCCNc1cccc2cccc(N)c12. The van der Waals surface area contributed by atoms with E-state index in [0.29, 0.717) is 0 Å². The molecule has 0 aliphatic carbocycles. The van der Waals surface area contributed by atoms with Crippen molar-refractivity contribution in [2.45, 2.75) is 71.1 Å². The third-order valence-corrected chi connectivity index (χ3v) is 4.78. The zero-order valence-corrected chi connectivity index (χ0v) is 15.3. The molecule has 0 atom stereocenters. The van der Waals surface area contributed by atoms with Crippen molar-refractivity contribution in [1.82, 2.24) is 0 Å². The summed E-state index contributed by atoms with van der Waals surface area (Å²) in [6, 6.07) is 12.5. The van der Waals surface area contributed by atoms with E-state index in [1.54, 1.807) is 0 Å². The highest BCUT2D eigenvalue weighted by atomic mass is 14.9. The molecule has 0 radical (unpaired) electrons. The van der Waals surface area contributed by atoms with Crippen LogP contribution in [0.25, 0.3) is 10.8 Å². The van der Waals surface area contributed by atoms with Crippen LogP contribution in [-0.2, 0) is 0 Å². The molecule has 0 aliphatic heterocycles. The summed E-state index contributed by atoms with van der Waals surface area (Å²) >= 11 is 0. The fourth-order valence-electron chi connectivity index (χ4n) is 3.35. The molecule has 0 aliphatic rings. The van der Waals surface area contributed by atoms with Crippen molar-refractivity contribution in [1.29, 1.82) is 0 Å². The van der Waals surface area contributed by atoms with Gasteiger partial charge in [-0.15, -0.1) is 0 Å². The molecule has 0 heterocycles. The fourth-order valence-corrected chi connectivity index (χ4v) is 3.35. The van der Waals surface area contributed by atoms with Gasteiger partial charge in [0.15, 0.2) is 0 Å². The van der Waals surface area contributed by atoms with Crippen LogP contribution in [0.3, 0.4) is 0 Å². The van der Waals surface area contributed by atoms with Gasteiger partial charge in [0.2, 0.25) is 0 Å². The molecule has 2 heteroatoms. The van der Waals surface area contributed by atoms with Gasteiger partial charge in [-0.3, -0.25) is 0 Å². The number of rotatable bonds is 12. The second-order valence-corrected chi connectivity index (χ2v) is 6.86. The summed E-state index contributed by atoms with van der Waals surface area (Å²) in [5.74, 6) is 0. The average Bonchev–Trinajstić information content (AvgIpc) is 2.60. The smallest absolute Gasteiger partial charge is 0.0440 e. The Morgan fingerprint density at radius 1 is 0.750 bits per heavy atom. The molecule has 0 spiro atoms. The Morgan fingerprint density at radius 2 is 1.33 bits per heavy atom. The standard InChI is InChI=1S/C22H34N2/c1-2-3-4-5-6-7-8-9-10-11-18-24-21-17-13-15-19-14-12-16-20(23)22(19)21/h12-17,24H,2-11,18,23H2,1H3. The predicted molar refractivity (Wildman–Crippen MR) is 109 cm³/mol. The number of nitrogen functional groups attached to an aromatic ring is 1. The van der Waals surface area contributed by atoms with Crippen LogP contribution in [0, 0.1) is 0 Å². The van der Waals surface area contributed by atoms with E-state index in [1.165, 1.54) is 75.3 Å². The summed E-state index contributed by atoms with van der Waals surface area (Å²) in [7, 11) is 0. The van der Waals surface area contributed by atoms with Crippen LogP contribution in [0.15, 0.2) is 36.4 Å². The molecule has 132 valence electrons. The minimum absolute atomic E-state index is 0.860. The van der Waals surface area contributed by atoms with Gasteiger partial charge in [-0.05, 0) is 23.9 Å². The van der Waals surface area contributed by atoms with Crippen molar-refractivity contribution >= 4 is 22.1 Å². The maximum atomic E-state index is 6.15. The van der Waals surface area contributed by atoms with Crippen molar-refractivity contribution in [3.63, 3.8) is 0 Å². The van der Waals surface area contributed by atoms with Crippen LogP contribution in [0.4, 0.5) is 11.4 Å². The van der Waals surface area contributed by atoms with E-state index in [9.17, 15) is 0 Å². The number of benzene rings is 2. The van der Waals surface area contributed by atoms with Gasteiger partial charge in [0, 0.05) is 23.3 Å².